The number of rotatable bonds is 12. The highest BCUT2D eigenvalue weighted by Gasteiger charge is 2.46. The standard InChI is InChI=1S/C72H53N/c1-3-23-55-48-56(41-40-51(55)4-2)52-42-44-60(45-43-52)73(62-46-47-67-66-35-19-20-39-69(66)72(70(67)50-62,58-29-13-7-14-30-58)59-31-15-8-16-32-59)61-33-21-28-57(49-61)65-38-22-37-64(54-26-11-6-12-27-54)71(65)68-36-18-17-34-63(68)53-24-9-5-10-25-53/h3-50H,2H2,1H3/b23-3-. The molecule has 1 aliphatic rings. The lowest BCUT2D eigenvalue weighted by Crippen LogP contribution is -2.28. The summed E-state index contributed by atoms with van der Waals surface area (Å²) in [4.78, 5) is 2.45. The second-order valence-corrected chi connectivity index (χ2v) is 18.7. The molecule has 11 aromatic rings. The Balaban J connectivity index is 1.08. The molecule has 0 heterocycles. The summed E-state index contributed by atoms with van der Waals surface area (Å²) in [7, 11) is 0. The molecule has 0 spiro atoms. The zero-order valence-electron chi connectivity index (χ0n) is 40.9. The van der Waals surface area contributed by atoms with Crippen LogP contribution in [0.3, 0.4) is 0 Å². The van der Waals surface area contributed by atoms with Crippen molar-refractivity contribution in [3.63, 3.8) is 0 Å². The Kier molecular flexibility index (Phi) is 12.0. The lowest BCUT2D eigenvalue weighted by molar-refractivity contribution is 0.768. The molecule has 1 nitrogen and oxygen atoms in total. The summed E-state index contributed by atoms with van der Waals surface area (Å²) < 4.78 is 0. The summed E-state index contributed by atoms with van der Waals surface area (Å²) in [6.07, 6.45) is 6.17. The van der Waals surface area contributed by atoms with Gasteiger partial charge in [-0.2, -0.15) is 0 Å². The molecule has 73 heavy (non-hydrogen) atoms. The first-order valence-electron chi connectivity index (χ1n) is 25.2. The maximum absolute atomic E-state index is 4.08. The first-order chi connectivity index (χ1) is 36.1. The largest absolute Gasteiger partial charge is 0.310 e. The number of hydrogen-bond acceptors (Lipinski definition) is 1. The Morgan fingerprint density at radius 1 is 0.329 bits per heavy atom. The third-order valence-electron chi connectivity index (χ3n) is 14.7. The molecule has 0 saturated carbocycles. The van der Waals surface area contributed by atoms with Gasteiger partial charge in [-0.05, 0) is 150 Å². The summed E-state index contributed by atoms with van der Waals surface area (Å²) >= 11 is 0. The minimum Gasteiger partial charge on any atom is -0.310 e. The van der Waals surface area contributed by atoms with Gasteiger partial charge in [0, 0.05) is 17.1 Å². The van der Waals surface area contributed by atoms with Crippen LogP contribution in [0.2, 0.25) is 0 Å². The van der Waals surface area contributed by atoms with Crippen molar-refractivity contribution in [3.8, 4) is 66.8 Å². The molecule has 11 aromatic carbocycles. The smallest absolute Gasteiger partial charge is 0.0714 e. The second-order valence-electron chi connectivity index (χ2n) is 18.7. The molecule has 0 atom stereocenters. The first-order valence-corrected chi connectivity index (χ1v) is 25.2. The van der Waals surface area contributed by atoms with E-state index in [4.69, 9.17) is 0 Å². The van der Waals surface area contributed by atoms with Gasteiger partial charge in [0.25, 0.3) is 0 Å². The van der Waals surface area contributed by atoms with Crippen LogP contribution in [0.4, 0.5) is 17.1 Å². The predicted octanol–water partition coefficient (Wildman–Crippen LogP) is 19.5. The van der Waals surface area contributed by atoms with E-state index in [9.17, 15) is 0 Å². The summed E-state index contributed by atoms with van der Waals surface area (Å²) in [5, 5.41) is 0. The van der Waals surface area contributed by atoms with Gasteiger partial charge in [0.05, 0.1) is 5.41 Å². The van der Waals surface area contributed by atoms with Crippen molar-refractivity contribution >= 4 is 29.2 Å². The minimum absolute atomic E-state index is 0.553. The van der Waals surface area contributed by atoms with E-state index >= 15 is 0 Å². The number of benzene rings is 11. The van der Waals surface area contributed by atoms with Gasteiger partial charge in [-0.15, -0.1) is 0 Å². The summed E-state index contributed by atoms with van der Waals surface area (Å²) in [5.74, 6) is 0. The Hall–Kier alpha value is -9.30. The minimum atomic E-state index is -0.553. The Morgan fingerprint density at radius 3 is 1.48 bits per heavy atom. The van der Waals surface area contributed by atoms with Crippen molar-refractivity contribution in [2.75, 3.05) is 4.90 Å². The van der Waals surface area contributed by atoms with Gasteiger partial charge in [-0.1, -0.05) is 255 Å². The molecule has 0 aliphatic heterocycles. The highest BCUT2D eigenvalue weighted by Crippen LogP contribution is 2.57. The van der Waals surface area contributed by atoms with E-state index in [0.717, 1.165) is 44.9 Å². The van der Waals surface area contributed by atoms with Gasteiger partial charge in [-0.3, -0.25) is 0 Å². The molecule has 0 bridgehead atoms. The fraction of sp³-hybridized carbons (Fsp3) is 0.0278. The topological polar surface area (TPSA) is 3.24 Å². The third kappa shape index (κ3) is 8.02. The van der Waals surface area contributed by atoms with Gasteiger partial charge in [0.2, 0.25) is 0 Å². The van der Waals surface area contributed by atoms with E-state index in [-0.39, 0.29) is 0 Å². The second kappa shape index (κ2) is 19.5. The van der Waals surface area contributed by atoms with Crippen molar-refractivity contribution in [2.45, 2.75) is 12.3 Å². The maximum atomic E-state index is 4.08. The summed E-state index contributed by atoms with van der Waals surface area (Å²) in [5.41, 5.74) is 24.2. The van der Waals surface area contributed by atoms with E-state index in [0.29, 0.717) is 0 Å². The van der Waals surface area contributed by atoms with Crippen LogP contribution in [0.25, 0.3) is 78.9 Å². The maximum Gasteiger partial charge on any atom is 0.0714 e. The SMILES string of the molecule is C=Cc1ccc(-c2ccc(N(c3cccc(-c4cccc(-c5ccccc5)c4-c4ccccc4-c4ccccc4)c3)c3ccc4c(c3)C(c3ccccc3)(c3ccccc3)c3ccccc3-4)cc2)cc1/C=C\C. The van der Waals surface area contributed by atoms with Crippen LogP contribution in [0.5, 0.6) is 0 Å². The fourth-order valence-electron chi connectivity index (χ4n) is 11.4. The van der Waals surface area contributed by atoms with Crippen molar-refractivity contribution in [1.29, 1.82) is 0 Å². The van der Waals surface area contributed by atoms with E-state index in [1.807, 2.05) is 6.08 Å². The average Bonchev–Trinajstić information content (AvgIpc) is 3.76. The van der Waals surface area contributed by atoms with Crippen molar-refractivity contribution < 1.29 is 0 Å². The van der Waals surface area contributed by atoms with Gasteiger partial charge in [0.15, 0.2) is 0 Å². The number of hydrogen-bond donors (Lipinski definition) is 0. The monoisotopic (exact) mass is 931 g/mol. The van der Waals surface area contributed by atoms with E-state index in [1.165, 1.54) is 72.3 Å². The van der Waals surface area contributed by atoms with Gasteiger partial charge >= 0.3 is 0 Å². The van der Waals surface area contributed by atoms with Crippen LogP contribution in [0, 0.1) is 0 Å². The van der Waals surface area contributed by atoms with Crippen LogP contribution in [0.1, 0.15) is 40.3 Å². The predicted molar refractivity (Wildman–Crippen MR) is 310 cm³/mol. The van der Waals surface area contributed by atoms with Crippen LogP contribution in [-0.2, 0) is 5.41 Å². The molecule has 0 N–H and O–H groups in total. The van der Waals surface area contributed by atoms with Crippen LogP contribution in [-0.4, -0.2) is 0 Å². The molecule has 0 aromatic heterocycles. The van der Waals surface area contributed by atoms with Gasteiger partial charge in [-0.25, -0.2) is 0 Å². The highest BCUT2D eigenvalue weighted by molar-refractivity contribution is 6.00. The first kappa shape index (κ1) is 44.9. The highest BCUT2D eigenvalue weighted by atomic mass is 15.1. The van der Waals surface area contributed by atoms with Gasteiger partial charge in [0.1, 0.15) is 0 Å². The average molecular weight is 932 g/mol. The number of fused-ring (bicyclic) bond motifs is 3. The van der Waals surface area contributed by atoms with Crippen molar-refractivity contribution in [2.24, 2.45) is 0 Å². The van der Waals surface area contributed by atoms with Crippen LogP contribution in [0.15, 0.2) is 286 Å². The molecule has 0 unspecified atom stereocenters. The fourth-order valence-corrected chi connectivity index (χ4v) is 11.4. The van der Waals surface area contributed by atoms with Crippen molar-refractivity contribution in [1.82, 2.24) is 0 Å². The Labute approximate surface area is 430 Å². The zero-order chi connectivity index (χ0) is 49.1. The van der Waals surface area contributed by atoms with Crippen LogP contribution >= 0.6 is 0 Å². The number of allylic oxidation sites excluding steroid dienone is 1. The van der Waals surface area contributed by atoms with E-state index in [1.54, 1.807) is 0 Å². The van der Waals surface area contributed by atoms with E-state index in [2.05, 4.69) is 304 Å². The molecular formula is C72H53N. The summed E-state index contributed by atoms with van der Waals surface area (Å²) in [6, 6.07) is 100. The number of nitrogens with zero attached hydrogens (tertiary/aromatic N) is 1. The molecule has 1 aliphatic carbocycles. The third-order valence-corrected chi connectivity index (χ3v) is 14.7. The Morgan fingerprint density at radius 2 is 0.822 bits per heavy atom. The molecule has 1 heteroatoms. The quantitative estimate of drug-likeness (QED) is 0.118. The lowest BCUT2D eigenvalue weighted by atomic mass is 9.67. The molecule has 0 amide bonds. The zero-order valence-corrected chi connectivity index (χ0v) is 40.9. The molecule has 0 saturated heterocycles. The van der Waals surface area contributed by atoms with Gasteiger partial charge < -0.3 is 4.90 Å². The molecule has 0 radical (unpaired) electrons. The molecule has 12 rings (SSSR count). The normalized spacial score (nSPS) is 12.3. The lowest BCUT2D eigenvalue weighted by Gasteiger charge is -2.35. The van der Waals surface area contributed by atoms with Crippen molar-refractivity contribution in [3.05, 3.63) is 319 Å². The molecular weight excluding hydrogens is 879 g/mol. The molecule has 0 fully saturated rings. The van der Waals surface area contributed by atoms with E-state index < -0.39 is 5.41 Å². The summed E-state index contributed by atoms with van der Waals surface area (Å²) in [6.45, 7) is 6.14. The van der Waals surface area contributed by atoms with Crippen LogP contribution < -0.4 is 4.90 Å². The Bertz CT molecular complexity index is 3750. The number of anilines is 3. The molecule has 346 valence electrons.